The molecule has 1 fully saturated rings. The van der Waals surface area contributed by atoms with Crippen LogP contribution in [0.4, 0.5) is 5.82 Å². The summed E-state index contributed by atoms with van der Waals surface area (Å²) in [5.41, 5.74) is -0.0280. The molecule has 0 radical (unpaired) electrons. The van der Waals surface area contributed by atoms with Crippen LogP contribution in [0.5, 0.6) is 0 Å². The Morgan fingerprint density at radius 2 is 2.33 bits per heavy atom. The van der Waals surface area contributed by atoms with Gasteiger partial charge >= 0.3 is 0 Å². The van der Waals surface area contributed by atoms with Gasteiger partial charge in [0.25, 0.3) is 0 Å². The summed E-state index contributed by atoms with van der Waals surface area (Å²) in [7, 11) is 1.77. The molecule has 4 nitrogen and oxygen atoms in total. The fourth-order valence-electron chi connectivity index (χ4n) is 2.23. The Hall–Kier alpha value is -0.910. The van der Waals surface area contributed by atoms with Gasteiger partial charge in [0.1, 0.15) is 10.6 Å². The zero-order valence-electron chi connectivity index (χ0n) is 10.1. The highest BCUT2D eigenvalue weighted by Crippen LogP contribution is 2.35. The van der Waals surface area contributed by atoms with E-state index in [1.165, 1.54) is 6.42 Å². The van der Waals surface area contributed by atoms with Gasteiger partial charge in [-0.05, 0) is 42.3 Å². The first-order valence-electron chi connectivity index (χ1n) is 5.92. The predicted molar refractivity (Wildman–Crippen MR) is 74.5 cm³/mol. The van der Waals surface area contributed by atoms with Crippen LogP contribution in [0.15, 0.2) is 11.4 Å². The second-order valence-electron chi connectivity index (χ2n) is 4.57. The van der Waals surface area contributed by atoms with Crippen molar-refractivity contribution in [2.24, 2.45) is 0 Å². The quantitative estimate of drug-likeness (QED) is 0.875. The SMILES string of the molecule is COC1(CNc2nc(Cl)nc3sccc23)CCC1. The molecule has 0 unspecified atom stereocenters. The highest BCUT2D eigenvalue weighted by atomic mass is 35.5. The van der Waals surface area contributed by atoms with E-state index in [9.17, 15) is 0 Å². The van der Waals surface area contributed by atoms with Crippen molar-refractivity contribution in [1.29, 1.82) is 0 Å². The van der Waals surface area contributed by atoms with Gasteiger partial charge in [0.2, 0.25) is 5.28 Å². The zero-order valence-corrected chi connectivity index (χ0v) is 11.6. The first kappa shape index (κ1) is 12.1. The van der Waals surface area contributed by atoms with Gasteiger partial charge in [0, 0.05) is 13.7 Å². The standard InChI is InChI=1S/C12H14ClN3OS/c1-17-12(4-2-5-12)7-14-9-8-3-6-18-10(8)16-11(13)15-9/h3,6H,2,4-5,7H2,1H3,(H,14,15,16). The summed E-state index contributed by atoms with van der Waals surface area (Å²) in [5.74, 6) is 0.801. The van der Waals surface area contributed by atoms with Gasteiger partial charge in [0.05, 0.1) is 11.0 Å². The summed E-state index contributed by atoms with van der Waals surface area (Å²) in [6, 6.07) is 2.01. The van der Waals surface area contributed by atoms with E-state index in [0.717, 1.165) is 35.4 Å². The Morgan fingerprint density at radius 3 is 3.00 bits per heavy atom. The number of aromatic nitrogens is 2. The highest BCUT2D eigenvalue weighted by Gasteiger charge is 2.36. The van der Waals surface area contributed by atoms with Crippen LogP contribution in [-0.4, -0.2) is 29.2 Å². The molecule has 2 aromatic heterocycles. The van der Waals surface area contributed by atoms with Crippen LogP contribution in [0.1, 0.15) is 19.3 Å². The number of halogens is 1. The van der Waals surface area contributed by atoms with E-state index in [0.29, 0.717) is 0 Å². The van der Waals surface area contributed by atoms with Crippen LogP contribution in [0, 0.1) is 0 Å². The minimum absolute atomic E-state index is 0.0280. The average molecular weight is 284 g/mol. The van der Waals surface area contributed by atoms with Gasteiger partial charge < -0.3 is 10.1 Å². The lowest BCUT2D eigenvalue weighted by atomic mass is 9.80. The summed E-state index contributed by atoms with van der Waals surface area (Å²) in [4.78, 5) is 9.37. The van der Waals surface area contributed by atoms with Crippen molar-refractivity contribution < 1.29 is 4.74 Å². The second kappa shape index (κ2) is 4.64. The second-order valence-corrected chi connectivity index (χ2v) is 5.81. The largest absolute Gasteiger partial charge is 0.376 e. The minimum Gasteiger partial charge on any atom is -0.376 e. The van der Waals surface area contributed by atoms with Crippen molar-refractivity contribution in [1.82, 2.24) is 9.97 Å². The van der Waals surface area contributed by atoms with Crippen LogP contribution >= 0.6 is 22.9 Å². The molecule has 96 valence electrons. The molecule has 0 aromatic carbocycles. The summed E-state index contributed by atoms with van der Waals surface area (Å²) in [6.45, 7) is 0.766. The maximum absolute atomic E-state index is 5.93. The number of ether oxygens (including phenoxy) is 1. The molecule has 1 aliphatic rings. The molecular formula is C12H14ClN3OS. The highest BCUT2D eigenvalue weighted by molar-refractivity contribution is 7.16. The number of nitrogens with one attached hydrogen (secondary N) is 1. The molecule has 1 saturated carbocycles. The van der Waals surface area contributed by atoms with Gasteiger partial charge in [-0.15, -0.1) is 11.3 Å². The lowest BCUT2D eigenvalue weighted by molar-refractivity contribution is -0.0601. The number of thiophene rings is 1. The first-order valence-corrected chi connectivity index (χ1v) is 7.18. The van der Waals surface area contributed by atoms with Gasteiger partial charge in [-0.3, -0.25) is 0 Å². The topological polar surface area (TPSA) is 47.0 Å². The molecule has 0 saturated heterocycles. The van der Waals surface area contributed by atoms with Crippen molar-refractivity contribution in [3.05, 3.63) is 16.7 Å². The van der Waals surface area contributed by atoms with Gasteiger partial charge in [-0.2, -0.15) is 0 Å². The number of rotatable bonds is 4. The maximum atomic E-state index is 5.93. The molecule has 18 heavy (non-hydrogen) atoms. The summed E-state index contributed by atoms with van der Waals surface area (Å²) in [5, 5.41) is 6.66. The molecule has 1 aliphatic carbocycles. The molecule has 3 rings (SSSR count). The Bertz CT molecular complexity index is 562. The van der Waals surface area contributed by atoms with Crippen molar-refractivity contribution in [3.8, 4) is 0 Å². The van der Waals surface area contributed by atoms with Crippen LogP contribution in [0.2, 0.25) is 5.28 Å². The van der Waals surface area contributed by atoms with Crippen LogP contribution in [0.3, 0.4) is 0 Å². The molecule has 0 amide bonds. The Kier molecular flexibility index (Phi) is 3.13. The number of nitrogens with zero attached hydrogens (tertiary/aromatic N) is 2. The lowest BCUT2D eigenvalue weighted by Gasteiger charge is -2.40. The van der Waals surface area contributed by atoms with Crippen molar-refractivity contribution >= 4 is 39.0 Å². The van der Waals surface area contributed by atoms with E-state index in [-0.39, 0.29) is 10.9 Å². The molecule has 2 aromatic rings. The third-order valence-corrected chi connectivity index (χ3v) is 4.55. The molecule has 0 atom stereocenters. The molecule has 0 aliphatic heterocycles. The zero-order chi connectivity index (χ0) is 12.6. The maximum Gasteiger partial charge on any atom is 0.225 e. The summed E-state index contributed by atoms with van der Waals surface area (Å²) < 4.78 is 5.58. The lowest BCUT2D eigenvalue weighted by Crippen LogP contribution is -2.45. The Morgan fingerprint density at radius 1 is 1.50 bits per heavy atom. The first-order chi connectivity index (χ1) is 8.72. The molecule has 0 bridgehead atoms. The van der Waals surface area contributed by atoms with Gasteiger partial charge in [-0.25, -0.2) is 9.97 Å². The number of fused-ring (bicyclic) bond motifs is 1. The van der Waals surface area contributed by atoms with Crippen LogP contribution in [0.25, 0.3) is 10.2 Å². The molecule has 1 N–H and O–H groups in total. The normalized spacial score (nSPS) is 17.7. The third kappa shape index (κ3) is 2.06. The molecule has 6 heteroatoms. The minimum atomic E-state index is -0.0280. The van der Waals surface area contributed by atoms with E-state index in [1.54, 1.807) is 18.4 Å². The van der Waals surface area contributed by atoms with E-state index >= 15 is 0 Å². The molecular weight excluding hydrogens is 270 g/mol. The fraction of sp³-hybridized carbons (Fsp3) is 0.500. The van der Waals surface area contributed by atoms with Crippen molar-refractivity contribution in [3.63, 3.8) is 0 Å². The van der Waals surface area contributed by atoms with E-state index in [4.69, 9.17) is 16.3 Å². The van der Waals surface area contributed by atoms with Crippen molar-refractivity contribution in [2.75, 3.05) is 19.0 Å². The summed E-state index contributed by atoms with van der Waals surface area (Å²) >= 11 is 7.49. The van der Waals surface area contributed by atoms with Crippen molar-refractivity contribution in [2.45, 2.75) is 24.9 Å². The predicted octanol–water partition coefficient (Wildman–Crippen LogP) is 3.33. The van der Waals surface area contributed by atoms with Crippen LogP contribution in [-0.2, 0) is 4.74 Å². The third-order valence-electron chi connectivity index (χ3n) is 3.57. The van der Waals surface area contributed by atoms with Gasteiger partial charge in [0.15, 0.2) is 0 Å². The number of methoxy groups -OCH3 is 1. The number of anilines is 1. The Labute approximate surface area is 114 Å². The molecule has 2 heterocycles. The fourth-order valence-corrected chi connectivity index (χ4v) is 3.22. The smallest absolute Gasteiger partial charge is 0.225 e. The van der Waals surface area contributed by atoms with Gasteiger partial charge in [-0.1, -0.05) is 0 Å². The number of hydrogen-bond donors (Lipinski definition) is 1. The van der Waals surface area contributed by atoms with E-state index in [2.05, 4.69) is 15.3 Å². The Balaban J connectivity index is 1.83. The average Bonchev–Trinajstić information content (AvgIpc) is 2.75. The monoisotopic (exact) mass is 283 g/mol. The van der Waals surface area contributed by atoms with E-state index in [1.807, 2.05) is 11.4 Å². The number of hydrogen-bond acceptors (Lipinski definition) is 5. The summed E-state index contributed by atoms with van der Waals surface area (Å²) in [6.07, 6.45) is 3.43. The van der Waals surface area contributed by atoms with Crippen LogP contribution < -0.4 is 5.32 Å². The van der Waals surface area contributed by atoms with E-state index < -0.39 is 0 Å². The molecule has 0 spiro atoms.